The first-order valence-corrected chi connectivity index (χ1v) is 10.2. The molecule has 0 aliphatic carbocycles. The van der Waals surface area contributed by atoms with Gasteiger partial charge in [0.2, 0.25) is 10.0 Å². The molecule has 1 atom stereocenters. The molecular formula is C19H20ClNO4S. The standard InChI is InChI=1S/C19H20ClNO4S/c1-14-4-10-17(11-5-14)26(23,24)21-12-2-3-18(21)19(22)25-13-15-6-8-16(20)9-7-15/h4-11,18H,2-3,12-13H2,1H3. The van der Waals surface area contributed by atoms with E-state index in [0.29, 0.717) is 24.4 Å². The quantitative estimate of drug-likeness (QED) is 0.729. The first-order chi connectivity index (χ1) is 12.4. The minimum atomic E-state index is -3.72. The van der Waals surface area contributed by atoms with E-state index in [0.717, 1.165) is 11.1 Å². The number of halogens is 1. The highest BCUT2D eigenvalue weighted by atomic mass is 35.5. The van der Waals surface area contributed by atoms with Gasteiger partial charge in [0, 0.05) is 11.6 Å². The maximum absolute atomic E-state index is 12.9. The number of nitrogens with zero attached hydrogens (tertiary/aromatic N) is 1. The smallest absolute Gasteiger partial charge is 0.324 e. The fourth-order valence-electron chi connectivity index (χ4n) is 2.94. The van der Waals surface area contributed by atoms with Crippen molar-refractivity contribution in [2.45, 2.75) is 37.3 Å². The van der Waals surface area contributed by atoms with E-state index in [2.05, 4.69) is 0 Å². The average molecular weight is 394 g/mol. The molecule has 0 aromatic heterocycles. The molecule has 1 saturated heterocycles. The lowest BCUT2D eigenvalue weighted by Crippen LogP contribution is -2.41. The van der Waals surface area contributed by atoms with Gasteiger partial charge in [0.05, 0.1) is 4.90 Å². The number of carbonyl (C=O) groups excluding carboxylic acids is 1. The molecule has 7 heteroatoms. The Morgan fingerprint density at radius 1 is 1.15 bits per heavy atom. The highest BCUT2D eigenvalue weighted by Gasteiger charge is 2.40. The van der Waals surface area contributed by atoms with Crippen LogP contribution in [0.5, 0.6) is 0 Å². The van der Waals surface area contributed by atoms with E-state index in [1.54, 1.807) is 48.5 Å². The van der Waals surface area contributed by atoms with Crippen molar-refractivity contribution in [2.24, 2.45) is 0 Å². The van der Waals surface area contributed by atoms with Gasteiger partial charge in [-0.05, 0) is 49.6 Å². The molecule has 2 aromatic carbocycles. The summed E-state index contributed by atoms with van der Waals surface area (Å²) in [7, 11) is -3.72. The molecule has 26 heavy (non-hydrogen) atoms. The Bertz CT molecular complexity index is 879. The Morgan fingerprint density at radius 3 is 2.46 bits per heavy atom. The monoisotopic (exact) mass is 393 g/mol. The van der Waals surface area contributed by atoms with Crippen molar-refractivity contribution in [3.63, 3.8) is 0 Å². The second-order valence-corrected chi connectivity index (χ2v) is 8.65. The van der Waals surface area contributed by atoms with Gasteiger partial charge in [-0.2, -0.15) is 4.31 Å². The molecule has 1 aliphatic rings. The summed E-state index contributed by atoms with van der Waals surface area (Å²) in [5, 5.41) is 0.603. The number of esters is 1. The van der Waals surface area contributed by atoms with Gasteiger partial charge in [0.25, 0.3) is 0 Å². The fourth-order valence-corrected chi connectivity index (χ4v) is 4.71. The molecule has 1 fully saturated rings. The Balaban J connectivity index is 1.71. The minimum absolute atomic E-state index is 0.0882. The number of ether oxygens (including phenoxy) is 1. The van der Waals surface area contributed by atoms with Crippen LogP contribution >= 0.6 is 11.6 Å². The maximum Gasteiger partial charge on any atom is 0.324 e. The summed E-state index contributed by atoms with van der Waals surface area (Å²) in [5.74, 6) is -0.520. The molecule has 1 aliphatic heterocycles. The van der Waals surface area contributed by atoms with Crippen molar-refractivity contribution in [1.29, 1.82) is 0 Å². The fraction of sp³-hybridized carbons (Fsp3) is 0.316. The summed E-state index contributed by atoms with van der Waals surface area (Å²) in [6, 6.07) is 12.8. The van der Waals surface area contributed by atoms with Crippen LogP contribution in [0.4, 0.5) is 0 Å². The van der Waals surface area contributed by atoms with Gasteiger partial charge in [-0.1, -0.05) is 41.4 Å². The van der Waals surface area contributed by atoms with Crippen LogP contribution in [-0.4, -0.2) is 31.3 Å². The van der Waals surface area contributed by atoms with Crippen molar-refractivity contribution in [3.05, 3.63) is 64.7 Å². The van der Waals surface area contributed by atoms with Gasteiger partial charge in [0.15, 0.2) is 0 Å². The zero-order chi connectivity index (χ0) is 18.7. The molecule has 1 unspecified atom stereocenters. The van der Waals surface area contributed by atoms with Crippen LogP contribution < -0.4 is 0 Å². The third kappa shape index (κ3) is 4.09. The van der Waals surface area contributed by atoms with Crippen molar-refractivity contribution < 1.29 is 17.9 Å². The van der Waals surface area contributed by atoms with E-state index in [9.17, 15) is 13.2 Å². The predicted octanol–water partition coefficient (Wildman–Crippen LogP) is 3.54. The average Bonchev–Trinajstić information content (AvgIpc) is 3.12. The molecule has 3 rings (SSSR count). The number of rotatable bonds is 5. The van der Waals surface area contributed by atoms with Gasteiger partial charge in [-0.25, -0.2) is 8.42 Å². The van der Waals surface area contributed by atoms with Crippen LogP contribution in [0.15, 0.2) is 53.4 Å². The van der Waals surface area contributed by atoms with Crippen molar-refractivity contribution in [1.82, 2.24) is 4.31 Å². The lowest BCUT2D eigenvalue weighted by Gasteiger charge is -2.22. The number of benzene rings is 2. The molecule has 0 saturated carbocycles. The minimum Gasteiger partial charge on any atom is -0.460 e. The van der Waals surface area contributed by atoms with Gasteiger partial charge in [-0.3, -0.25) is 4.79 Å². The van der Waals surface area contributed by atoms with Crippen molar-refractivity contribution >= 4 is 27.6 Å². The Hall–Kier alpha value is -1.89. The van der Waals surface area contributed by atoms with Crippen molar-refractivity contribution in [3.8, 4) is 0 Å². The van der Waals surface area contributed by atoms with Crippen LogP contribution in [0.2, 0.25) is 5.02 Å². The van der Waals surface area contributed by atoms with Crippen LogP contribution in [0.25, 0.3) is 0 Å². The Morgan fingerprint density at radius 2 is 1.81 bits per heavy atom. The van der Waals surface area contributed by atoms with Gasteiger partial charge >= 0.3 is 5.97 Å². The molecule has 1 heterocycles. The number of hydrogen-bond acceptors (Lipinski definition) is 4. The second kappa shape index (κ2) is 7.78. The topological polar surface area (TPSA) is 63.7 Å². The van der Waals surface area contributed by atoms with Crippen LogP contribution in [-0.2, 0) is 26.2 Å². The van der Waals surface area contributed by atoms with E-state index in [4.69, 9.17) is 16.3 Å². The molecular weight excluding hydrogens is 374 g/mol. The first-order valence-electron chi connectivity index (χ1n) is 8.37. The van der Waals surface area contributed by atoms with Crippen LogP contribution in [0.3, 0.4) is 0 Å². The molecule has 138 valence electrons. The third-order valence-electron chi connectivity index (χ3n) is 4.40. The molecule has 5 nitrogen and oxygen atoms in total. The summed E-state index contributed by atoms with van der Waals surface area (Å²) >= 11 is 5.83. The van der Waals surface area contributed by atoms with E-state index in [-0.39, 0.29) is 11.5 Å². The Kier molecular flexibility index (Phi) is 5.65. The first kappa shape index (κ1) is 18.9. The number of carbonyl (C=O) groups is 1. The largest absolute Gasteiger partial charge is 0.460 e. The van der Waals surface area contributed by atoms with Gasteiger partial charge < -0.3 is 4.74 Å². The van der Waals surface area contributed by atoms with E-state index in [1.807, 2.05) is 6.92 Å². The number of sulfonamides is 1. The van der Waals surface area contributed by atoms with Gasteiger partial charge in [-0.15, -0.1) is 0 Å². The normalized spacial score (nSPS) is 18.0. The highest BCUT2D eigenvalue weighted by Crippen LogP contribution is 2.27. The van der Waals surface area contributed by atoms with E-state index in [1.165, 1.54) is 4.31 Å². The summed E-state index contributed by atoms with van der Waals surface area (Å²) in [6.45, 7) is 2.30. The number of hydrogen-bond donors (Lipinski definition) is 0. The second-order valence-electron chi connectivity index (χ2n) is 6.32. The molecule has 0 spiro atoms. The zero-order valence-electron chi connectivity index (χ0n) is 14.4. The summed E-state index contributed by atoms with van der Waals surface area (Å²) < 4.78 is 32.3. The van der Waals surface area contributed by atoms with Crippen LogP contribution in [0.1, 0.15) is 24.0 Å². The highest BCUT2D eigenvalue weighted by molar-refractivity contribution is 7.89. The van der Waals surface area contributed by atoms with Crippen LogP contribution in [0, 0.1) is 6.92 Å². The molecule has 0 radical (unpaired) electrons. The molecule has 2 aromatic rings. The molecule has 0 amide bonds. The Labute approximate surface area is 158 Å². The lowest BCUT2D eigenvalue weighted by atomic mass is 10.2. The number of aryl methyl sites for hydroxylation is 1. The van der Waals surface area contributed by atoms with E-state index < -0.39 is 22.0 Å². The summed E-state index contributed by atoms with van der Waals surface area (Å²) in [5.41, 5.74) is 1.78. The summed E-state index contributed by atoms with van der Waals surface area (Å²) in [6.07, 6.45) is 1.09. The third-order valence-corrected chi connectivity index (χ3v) is 6.57. The molecule has 0 bridgehead atoms. The molecule has 0 N–H and O–H groups in total. The zero-order valence-corrected chi connectivity index (χ0v) is 16.0. The van der Waals surface area contributed by atoms with E-state index >= 15 is 0 Å². The SMILES string of the molecule is Cc1ccc(S(=O)(=O)N2CCCC2C(=O)OCc2ccc(Cl)cc2)cc1. The maximum atomic E-state index is 12.9. The van der Waals surface area contributed by atoms with Crippen molar-refractivity contribution in [2.75, 3.05) is 6.54 Å². The summed E-state index contributed by atoms with van der Waals surface area (Å²) in [4.78, 5) is 12.7. The van der Waals surface area contributed by atoms with Gasteiger partial charge in [0.1, 0.15) is 12.6 Å². The lowest BCUT2D eigenvalue weighted by molar-refractivity contribution is -0.148. The predicted molar refractivity (Wildman–Crippen MR) is 99.3 cm³/mol.